The molecule has 4 nitrogen and oxygen atoms in total. The minimum Gasteiger partial charge on any atom is -0.267 e. The second-order valence-corrected chi connectivity index (χ2v) is 10.1. The van der Waals surface area contributed by atoms with Gasteiger partial charge in [-0.2, -0.15) is 13.2 Å². The molecule has 0 radical (unpaired) electrons. The molecule has 4 rings (SSSR count). The normalized spacial score (nSPS) is 12.0. The number of alkyl halides is 3. The van der Waals surface area contributed by atoms with Crippen molar-refractivity contribution in [2.24, 2.45) is 0 Å². The topological polar surface area (TPSA) is 50.7 Å². The summed E-state index contributed by atoms with van der Waals surface area (Å²) in [6.07, 6.45) is -2.88. The number of thiazole rings is 1. The summed E-state index contributed by atoms with van der Waals surface area (Å²) in [4.78, 5) is 17.1. The molecule has 0 amide bonds. The Morgan fingerprint density at radius 2 is 1.81 bits per heavy atom. The second kappa shape index (κ2) is 8.59. The Hall–Kier alpha value is -2.85. The number of H-pyrrole nitrogens is 1. The number of aromatic nitrogens is 3. The Kier molecular flexibility index (Phi) is 6.00. The molecule has 0 aliphatic rings. The quantitative estimate of drug-likeness (QED) is 0.259. The third kappa shape index (κ3) is 4.66. The van der Waals surface area contributed by atoms with E-state index in [-0.39, 0.29) is 10.8 Å². The molecular weight excluding hydrogens is 462 g/mol. The third-order valence-electron chi connectivity index (χ3n) is 4.48. The van der Waals surface area contributed by atoms with Gasteiger partial charge in [0.1, 0.15) is 5.82 Å². The van der Waals surface area contributed by atoms with Gasteiger partial charge in [-0.05, 0) is 29.8 Å². The van der Waals surface area contributed by atoms with Crippen LogP contribution in [-0.2, 0) is 6.18 Å². The lowest BCUT2D eigenvalue weighted by Gasteiger charge is -2.08. The highest BCUT2D eigenvalue weighted by Gasteiger charge is 2.30. The molecule has 0 spiro atoms. The smallest absolute Gasteiger partial charge is 0.267 e. The number of hydrogen-bond acceptors (Lipinski definition) is 4. The average molecular weight is 480 g/mol. The molecule has 0 aliphatic heterocycles. The van der Waals surface area contributed by atoms with Crippen molar-refractivity contribution in [3.8, 4) is 27.5 Å². The van der Waals surface area contributed by atoms with E-state index >= 15 is 0 Å². The van der Waals surface area contributed by atoms with Crippen LogP contribution in [-0.4, -0.2) is 20.0 Å². The molecule has 2 aromatic carbocycles. The maximum Gasteiger partial charge on any atom is 0.416 e. The van der Waals surface area contributed by atoms with E-state index in [0.717, 1.165) is 16.3 Å². The number of thioether (sulfide) groups is 1. The Labute approximate surface area is 188 Å². The molecule has 10 heteroatoms. The van der Waals surface area contributed by atoms with Crippen LogP contribution in [0.25, 0.3) is 27.5 Å². The van der Waals surface area contributed by atoms with E-state index in [1.807, 2.05) is 13.8 Å². The summed E-state index contributed by atoms with van der Waals surface area (Å²) >= 11 is 2.85. The summed E-state index contributed by atoms with van der Waals surface area (Å²) < 4.78 is 54.6. The Morgan fingerprint density at radius 3 is 2.44 bits per heavy atom. The van der Waals surface area contributed by atoms with Gasteiger partial charge in [-0.3, -0.25) is 9.89 Å². The highest BCUT2D eigenvalue weighted by molar-refractivity contribution is 8.01. The van der Waals surface area contributed by atoms with Gasteiger partial charge in [0.15, 0.2) is 0 Å². The second-order valence-electron chi connectivity index (χ2n) is 7.24. The largest absolute Gasteiger partial charge is 0.416 e. The molecule has 0 unspecified atom stereocenters. The van der Waals surface area contributed by atoms with E-state index in [0.29, 0.717) is 22.0 Å². The number of aromatic amines is 1. The predicted molar refractivity (Wildman–Crippen MR) is 119 cm³/mol. The molecule has 0 fully saturated rings. The Bertz CT molecular complexity index is 1300. The van der Waals surface area contributed by atoms with Crippen LogP contribution in [0.3, 0.4) is 0 Å². The zero-order valence-corrected chi connectivity index (χ0v) is 18.5. The number of rotatable bonds is 5. The first kappa shape index (κ1) is 22.3. The first-order valence-electron chi connectivity index (χ1n) is 9.55. The van der Waals surface area contributed by atoms with E-state index < -0.39 is 23.1 Å². The molecule has 1 N–H and O–H groups in total. The molecule has 0 aliphatic carbocycles. The van der Waals surface area contributed by atoms with Crippen molar-refractivity contribution >= 4 is 23.1 Å². The van der Waals surface area contributed by atoms with E-state index in [1.165, 1.54) is 64.3 Å². The molecule has 4 aromatic rings. The number of hydrogen-bond donors (Lipinski definition) is 1. The first-order valence-corrected chi connectivity index (χ1v) is 11.2. The van der Waals surface area contributed by atoms with Gasteiger partial charge in [-0.1, -0.05) is 49.4 Å². The lowest BCUT2D eigenvalue weighted by atomic mass is 10.1. The zero-order valence-electron chi connectivity index (χ0n) is 16.9. The van der Waals surface area contributed by atoms with Crippen LogP contribution in [0, 0.1) is 5.82 Å². The van der Waals surface area contributed by atoms with Gasteiger partial charge in [-0.25, -0.2) is 14.1 Å². The van der Waals surface area contributed by atoms with Crippen LogP contribution in [0.1, 0.15) is 19.4 Å². The highest BCUT2D eigenvalue weighted by atomic mass is 32.2. The van der Waals surface area contributed by atoms with Crippen molar-refractivity contribution < 1.29 is 17.6 Å². The van der Waals surface area contributed by atoms with Gasteiger partial charge in [0.2, 0.25) is 5.13 Å². The lowest BCUT2D eigenvalue weighted by molar-refractivity contribution is -0.137. The molecule has 2 aromatic heterocycles. The van der Waals surface area contributed by atoms with Gasteiger partial charge >= 0.3 is 6.18 Å². The minimum atomic E-state index is -4.42. The fraction of sp³-hybridized carbons (Fsp3) is 0.182. The fourth-order valence-corrected chi connectivity index (χ4v) is 5.50. The van der Waals surface area contributed by atoms with Crippen molar-refractivity contribution in [3.05, 3.63) is 76.5 Å². The van der Waals surface area contributed by atoms with Gasteiger partial charge in [0.05, 0.1) is 21.0 Å². The molecule has 2 heterocycles. The molecule has 0 saturated carbocycles. The lowest BCUT2D eigenvalue weighted by Crippen LogP contribution is -2.05. The van der Waals surface area contributed by atoms with Crippen molar-refractivity contribution in [2.45, 2.75) is 29.5 Å². The number of nitrogens with zero attached hydrogens (tertiary/aromatic N) is 2. The van der Waals surface area contributed by atoms with Gasteiger partial charge < -0.3 is 0 Å². The molecule has 0 saturated heterocycles. The number of halogens is 4. The standard InChI is InChI=1S/C22H17F4N3OS2/c1-12(2)31-20-18(13-6-8-15(9-7-13)22(24,25)26)27-21(32-20)29-11-17(19(30)28-29)14-4-3-5-16(23)10-14/h3-12H,1-2H3,(H,28,30). The molecule has 166 valence electrons. The molecular formula is C22H17F4N3OS2. The summed E-state index contributed by atoms with van der Waals surface area (Å²) in [7, 11) is 0. The van der Waals surface area contributed by atoms with Crippen molar-refractivity contribution in [3.63, 3.8) is 0 Å². The summed E-state index contributed by atoms with van der Waals surface area (Å²) in [5.74, 6) is -0.455. The molecule has 32 heavy (non-hydrogen) atoms. The van der Waals surface area contributed by atoms with E-state index in [2.05, 4.69) is 10.1 Å². The van der Waals surface area contributed by atoms with Gasteiger partial charge in [0, 0.05) is 17.0 Å². The van der Waals surface area contributed by atoms with E-state index in [1.54, 1.807) is 6.07 Å². The Morgan fingerprint density at radius 1 is 1.09 bits per heavy atom. The summed E-state index contributed by atoms with van der Waals surface area (Å²) in [5, 5.41) is 3.34. The highest BCUT2D eigenvalue weighted by Crippen LogP contribution is 2.40. The van der Waals surface area contributed by atoms with Crippen LogP contribution in [0.5, 0.6) is 0 Å². The minimum absolute atomic E-state index is 0.211. The third-order valence-corrected chi connectivity index (χ3v) is 6.75. The summed E-state index contributed by atoms with van der Waals surface area (Å²) in [6.45, 7) is 4.00. The maximum atomic E-state index is 13.6. The van der Waals surface area contributed by atoms with Crippen LogP contribution >= 0.6 is 23.1 Å². The monoisotopic (exact) mass is 479 g/mol. The van der Waals surface area contributed by atoms with Crippen molar-refractivity contribution in [1.82, 2.24) is 14.8 Å². The molecule has 0 atom stereocenters. The van der Waals surface area contributed by atoms with Gasteiger partial charge in [-0.15, -0.1) is 11.8 Å². The van der Waals surface area contributed by atoms with Crippen LogP contribution in [0.2, 0.25) is 0 Å². The summed E-state index contributed by atoms with van der Waals surface area (Å²) in [5.41, 5.74) is 0.669. The number of benzene rings is 2. The van der Waals surface area contributed by atoms with Crippen LogP contribution < -0.4 is 5.56 Å². The zero-order chi connectivity index (χ0) is 23.0. The van der Waals surface area contributed by atoms with E-state index in [4.69, 9.17) is 0 Å². The summed E-state index contributed by atoms with van der Waals surface area (Å²) in [6, 6.07) is 10.5. The Balaban J connectivity index is 1.76. The predicted octanol–water partition coefficient (Wildman–Crippen LogP) is 6.61. The number of nitrogens with one attached hydrogen (secondary N) is 1. The SMILES string of the molecule is CC(C)Sc1sc(-n2cc(-c3cccc(F)c3)c(=O)[nH]2)nc1-c1ccc(C(F)(F)F)cc1. The van der Waals surface area contributed by atoms with Crippen LogP contribution in [0.4, 0.5) is 17.6 Å². The van der Waals surface area contributed by atoms with Crippen molar-refractivity contribution in [1.29, 1.82) is 0 Å². The van der Waals surface area contributed by atoms with Gasteiger partial charge in [0.25, 0.3) is 5.56 Å². The van der Waals surface area contributed by atoms with E-state index in [9.17, 15) is 22.4 Å². The fourth-order valence-electron chi connectivity index (χ4n) is 3.05. The first-order chi connectivity index (χ1) is 15.1. The maximum absolute atomic E-state index is 13.6. The average Bonchev–Trinajstić information content (AvgIpc) is 3.30. The van der Waals surface area contributed by atoms with Crippen molar-refractivity contribution in [2.75, 3.05) is 0 Å². The van der Waals surface area contributed by atoms with Crippen LogP contribution in [0.15, 0.2) is 63.7 Å². The molecule has 0 bridgehead atoms.